The van der Waals surface area contributed by atoms with Crippen LogP contribution in [0.15, 0.2) is 0 Å². The molecule has 0 bridgehead atoms. The zero-order chi connectivity index (χ0) is 12.8. The standard InChI is InChI=1S/C13H26N2OS/c1-10-5-7-12(8-6-10)15(3)13(17)14-11(2)9-16-4/h10-12H,5-9H2,1-4H3,(H,14,17). The lowest BCUT2D eigenvalue weighted by molar-refractivity contribution is 0.176. The van der Waals surface area contributed by atoms with Crippen molar-refractivity contribution >= 4 is 17.3 Å². The third-order valence-corrected chi connectivity index (χ3v) is 4.05. The lowest BCUT2D eigenvalue weighted by atomic mass is 9.87. The van der Waals surface area contributed by atoms with Crippen LogP contribution >= 0.6 is 12.2 Å². The Labute approximate surface area is 111 Å². The van der Waals surface area contributed by atoms with Gasteiger partial charge in [0.15, 0.2) is 5.11 Å². The van der Waals surface area contributed by atoms with Gasteiger partial charge in [0.25, 0.3) is 0 Å². The first-order valence-electron chi connectivity index (χ1n) is 6.56. The van der Waals surface area contributed by atoms with Gasteiger partial charge in [-0.2, -0.15) is 0 Å². The molecule has 1 N–H and O–H groups in total. The summed E-state index contributed by atoms with van der Waals surface area (Å²) in [5, 5.41) is 4.18. The number of nitrogens with one attached hydrogen (secondary N) is 1. The highest BCUT2D eigenvalue weighted by atomic mass is 32.1. The Kier molecular flexibility index (Phi) is 6.20. The van der Waals surface area contributed by atoms with E-state index in [-0.39, 0.29) is 6.04 Å². The van der Waals surface area contributed by atoms with Gasteiger partial charge in [-0.3, -0.25) is 0 Å². The number of hydrogen-bond donors (Lipinski definition) is 1. The molecule has 0 saturated heterocycles. The molecule has 1 rings (SSSR count). The van der Waals surface area contributed by atoms with Gasteiger partial charge >= 0.3 is 0 Å². The predicted octanol–water partition coefficient (Wildman–Crippen LogP) is 2.41. The fourth-order valence-corrected chi connectivity index (χ4v) is 2.75. The third kappa shape index (κ3) is 4.80. The molecule has 17 heavy (non-hydrogen) atoms. The second-order valence-corrected chi connectivity index (χ2v) is 5.72. The summed E-state index contributed by atoms with van der Waals surface area (Å²) >= 11 is 5.44. The average molecular weight is 258 g/mol. The minimum Gasteiger partial charge on any atom is -0.383 e. The normalized spacial score (nSPS) is 26.4. The van der Waals surface area contributed by atoms with Gasteiger partial charge in [0, 0.05) is 26.2 Å². The molecule has 1 aliphatic carbocycles. The van der Waals surface area contributed by atoms with Crippen LogP contribution in [-0.4, -0.2) is 42.9 Å². The van der Waals surface area contributed by atoms with Gasteiger partial charge < -0.3 is 15.0 Å². The lowest BCUT2D eigenvalue weighted by Gasteiger charge is -2.36. The van der Waals surface area contributed by atoms with E-state index >= 15 is 0 Å². The van der Waals surface area contributed by atoms with Crippen LogP contribution in [0.2, 0.25) is 0 Å². The Balaban J connectivity index is 2.35. The van der Waals surface area contributed by atoms with Crippen molar-refractivity contribution in [1.29, 1.82) is 0 Å². The van der Waals surface area contributed by atoms with Gasteiger partial charge in [0.05, 0.1) is 6.61 Å². The molecule has 100 valence electrons. The lowest BCUT2D eigenvalue weighted by Crippen LogP contribution is -2.48. The summed E-state index contributed by atoms with van der Waals surface area (Å²) in [7, 11) is 3.82. The van der Waals surface area contributed by atoms with E-state index in [0.29, 0.717) is 12.6 Å². The summed E-state index contributed by atoms with van der Waals surface area (Å²) in [4.78, 5) is 2.23. The van der Waals surface area contributed by atoms with Crippen molar-refractivity contribution in [2.24, 2.45) is 5.92 Å². The fourth-order valence-electron chi connectivity index (χ4n) is 2.40. The van der Waals surface area contributed by atoms with Crippen LogP contribution in [0.3, 0.4) is 0 Å². The number of nitrogens with zero attached hydrogens (tertiary/aromatic N) is 1. The highest BCUT2D eigenvalue weighted by molar-refractivity contribution is 7.80. The zero-order valence-electron chi connectivity index (χ0n) is 11.5. The molecule has 0 heterocycles. The third-order valence-electron chi connectivity index (χ3n) is 3.64. The van der Waals surface area contributed by atoms with Gasteiger partial charge in [-0.15, -0.1) is 0 Å². The van der Waals surface area contributed by atoms with E-state index in [2.05, 4.69) is 31.1 Å². The number of methoxy groups -OCH3 is 1. The Hall–Kier alpha value is -0.350. The molecule has 1 fully saturated rings. The van der Waals surface area contributed by atoms with Crippen molar-refractivity contribution in [2.45, 2.75) is 51.6 Å². The van der Waals surface area contributed by atoms with E-state index in [1.807, 2.05) is 0 Å². The SMILES string of the molecule is COCC(C)NC(=S)N(C)C1CCC(C)CC1. The second kappa shape index (κ2) is 7.17. The molecule has 1 unspecified atom stereocenters. The Morgan fingerprint density at radius 1 is 1.41 bits per heavy atom. The van der Waals surface area contributed by atoms with Crippen LogP contribution in [0.1, 0.15) is 39.5 Å². The molecule has 0 aliphatic heterocycles. The van der Waals surface area contributed by atoms with Crippen LogP contribution in [-0.2, 0) is 4.74 Å². The number of thiocarbonyl (C=S) groups is 1. The van der Waals surface area contributed by atoms with Crippen molar-refractivity contribution in [1.82, 2.24) is 10.2 Å². The summed E-state index contributed by atoms with van der Waals surface area (Å²) in [6, 6.07) is 0.887. The van der Waals surface area contributed by atoms with E-state index in [9.17, 15) is 0 Å². The number of hydrogen-bond acceptors (Lipinski definition) is 2. The quantitative estimate of drug-likeness (QED) is 0.783. The molecule has 0 amide bonds. The maximum atomic E-state index is 5.44. The van der Waals surface area contributed by atoms with Crippen molar-refractivity contribution in [3.8, 4) is 0 Å². The van der Waals surface area contributed by atoms with Gasteiger partial charge in [-0.1, -0.05) is 6.92 Å². The highest BCUT2D eigenvalue weighted by Crippen LogP contribution is 2.26. The first-order valence-corrected chi connectivity index (χ1v) is 6.97. The second-order valence-electron chi connectivity index (χ2n) is 5.33. The molecule has 1 aliphatic rings. The molecule has 0 aromatic carbocycles. The topological polar surface area (TPSA) is 24.5 Å². The van der Waals surface area contributed by atoms with Gasteiger partial charge in [0.2, 0.25) is 0 Å². The molecular weight excluding hydrogens is 232 g/mol. The first kappa shape index (κ1) is 14.7. The molecule has 0 aromatic heterocycles. The smallest absolute Gasteiger partial charge is 0.169 e. The van der Waals surface area contributed by atoms with Gasteiger partial charge in [0.1, 0.15) is 0 Å². The summed E-state index contributed by atoms with van der Waals surface area (Å²) in [5.74, 6) is 0.883. The van der Waals surface area contributed by atoms with Crippen molar-refractivity contribution in [3.05, 3.63) is 0 Å². The van der Waals surface area contributed by atoms with Crippen LogP contribution in [0.5, 0.6) is 0 Å². The van der Waals surface area contributed by atoms with E-state index in [4.69, 9.17) is 17.0 Å². The van der Waals surface area contributed by atoms with Crippen molar-refractivity contribution in [2.75, 3.05) is 20.8 Å². The predicted molar refractivity (Wildman–Crippen MR) is 76.3 cm³/mol. The van der Waals surface area contributed by atoms with Gasteiger partial charge in [-0.05, 0) is 50.7 Å². The van der Waals surface area contributed by atoms with Crippen LogP contribution in [0.25, 0.3) is 0 Å². The van der Waals surface area contributed by atoms with Crippen molar-refractivity contribution in [3.63, 3.8) is 0 Å². The molecule has 1 saturated carbocycles. The monoisotopic (exact) mass is 258 g/mol. The average Bonchev–Trinajstić information content (AvgIpc) is 2.29. The Bertz CT molecular complexity index is 240. The van der Waals surface area contributed by atoms with Crippen LogP contribution in [0, 0.1) is 5.92 Å². The Morgan fingerprint density at radius 3 is 2.53 bits per heavy atom. The summed E-state index contributed by atoms with van der Waals surface area (Å²) in [6.07, 6.45) is 5.17. The van der Waals surface area contributed by atoms with E-state index in [1.165, 1.54) is 25.7 Å². The maximum Gasteiger partial charge on any atom is 0.169 e. The maximum absolute atomic E-state index is 5.44. The van der Waals surface area contributed by atoms with Crippen molar-refractivity contribution < 1.29 is 4.74 Å². The van der Waals surface area contributed by atoms with E-state index < -0.39 is 0 Å². The van der Waals surface area contributed by atoms with E-state index in [0.717, 1.165) is 11.0 Å². The fraction of sp³-hybridized carbons (Fsp3) is 0.923. The molecule has 4 heteroatoms. The highest BCUT2D eigenvalue weighted by Gasteiger charge is 2.23. The van der Waals surface area contributed by atoms with Crippen LogP contribution < -0.4 is 5.32 Å². The van der Waals surface area contributed by atoms with E-state index in [1.54, 1.807) is 7.11 Å². The number of rotatable bonds is 4. The summed E-state index contributed by atoms with van der Waals surface area (Å²) in [6.45, 7) is 5.12. The molecule has 0 aromatic rings. The molecular formula is C13H26N2OS. The molecule has 3 nitrogen and oxygen atoms in total. The number of ether oxygens (including phenoxy) is 1. The minimum absolute atomic E-state index is 0.275. The Morgan fingerprint density at radius 2 is 2.00 bits per heavy atom. The minimum atomic E-state index is 0.275. The molecule has 0 radical (unpaired) electrons. The summed E-state index contributed by atoms with van der Waals surface area (Å²) < 4.78 is 5.10. The molecule has 1 atom stereocenters. The van der Waals surface area contributed by atoms with Crippen LogP contribution in [0.4, 0.5) is 0 Å². The zero-order valence-corrected chi connectivity index (χ0v) is 12.3. The first-order chi connectivity index (χ1) is 8.04. The van der Waals surface area contributed by atoms with Gasteiger partial charge in [-0.25, -0.2) is 0 Å². The summed E-state index contributed by atoms with van der Waals surface area (Å²) in [5.41, 5.74) is 0. The molecule has 0 spiro atoms. The largest absolute Gasteiger partial charge is 0.383 e.